The molecule has 0 aliphatic rings. The summed E-state index contributed by atoms with van der Waals surface area (Å²) in [5, 5.41) is 8.32. The highest BCUT2D eigenvalue weighted by Crippen LogP contribution is 2.02. The molecule has 0 radical (unpaired) electrons. The van der Waals surface area contributed by atoms with E-state index in [0.29, 0.717) is 5.92 Å². The van der Waals surface area contributed by atoms with Gasteiger partial charge in [-0.25, -0.2) is 0 Å². The highest BCUT2D eigenvalue weighted by atomic mass is 127. The van der Waals surface area contributed by atoms with Crippen molar-refractivity contribution < 1.29 is 4.74 Å². The fourth-order valence-electron chi connectivity index (χ4n) is 0.474. The van der Waals surface area contributed by atoms with Gasteiger partial charge < -0.3 is 4.74 Å². The van der Waals surface area contributed by atoms with Crippen LogP contribution in [-0.2, 0) is 4.74 Å². The quantitative estimate of drug-likeness (QED) is 0.576. The van der Waals surface area contributed by atoms with E-state index in [2.05, 4.69) is 22.6 Å². The molecule has 0 rings (SSSR count). The first-order chi connectivity index (χ1) is 5.72. The number of halogens is 1. The van der Waals surface area contributed by atoms with Crippen LogP contribution in [0.25, 0.3) is 0 Å². The molecule has 1 atom stereocenters. The van der Waals surface area contributed by atoms with Gasteiger partial charge in [-0.1, -0.05) is 50.3 Å². The highest BCUT2D eigenvalue weighted by molar-refractivity contribution is 14.1. The predicted molar refractivity (Wildman–Crippen MR) is 62.5 cm³/mol. The molecule has 0 N–H and O–H groups in total. The second kappa shape index (κ2) is 17.3. The zero-order valence-corrected chi connectivity index (χ0v) is 11.0. The van der Waals surface area contributed by atoms with Gasteiger partial charge in [-0.05, 0) is 10.8 Å². The van der Waals surface area contributed by atoms with Gasteiger partial charge in [-0.15, -0.1) is 0 Å². The first kappa shape index (κ1) is 18.1. The fourth-order valence-corrected chi connectivity index (χ4v) is 0.474. The van der Waals surface area contributed by atoms with Crippen molar-refractivity contribution >= 4 is 22.6 Å². The Labute approximate surface area is 90.4 Å². The van der Waals surface area contributed by atoms with Crippen LogP contribution in [0.5, 0.6) is 0 Å². The van der Waals surface area contributed by atoms with Crippen molar-refractivity contribution in [3.05, 3.63) is 0 Å². The molecule has 0 aromatic carbocycles. The van der Waals surface area contributed by atoms with Crippen molar-refractivity contribution in [2.45, 2.75) is 33.8 Å². The smallest absolute Gasteiger partial charge is 0.145 e. The molecule has 0 spiro atoms. The van der Waals surface area contributed by atoms with Gasteiger partial charge in [0.25, 0.3) is 0 Å². The Bertz CT molecular complexity index is 99.2. The van der Waals surface area contributed by atoms with Gasteiger partial charge in [-0.2, -0.15) is 5.26 Å². The van der Waals surface area contributed by atoms with Crippen LogP contribution in [0.1, 0.15) is 27.7 Å². The Balaban J connectivity index is -0.000000175. The van der Waals surface area contributed by atoms with Crippen molar-refractivity contribution in [1.29, 1.82) is 5.26 Å². The van der Waals surface area contributed by atoms with Gasteiger partial charge in [-0.3, -0.25) is 0 Å². The van der Waals surface area contributed by atoms with Gasteiger partial charge in [0.2, 0.25) is 0 Å². The number of methoxy groups -OCH3 is 1. The number of rotatable bonds is 2. The van der Waals surface area contributed by atoms with E-state index < -0.39 is 0 Å². The topological polar surface area (TPSA) is 33.0 Å². The minimum absolute atomic E-state index is 0.241. The van der Waals surface area contributed by atoms with Crippen LogP contribution < -0.4 is 0 Å². The summed E-state index contributed by atoms with van der Waals surface area (Å²) < 4.78 is 4.80. The zero-order chi connectivity index (χ0) is 10.6. The van der Waals surface area contributed by atoms with Crippen LogP contribution in [0.3, 0.4) is 0 Å². The molecule has 0 heterocycles. The first-order valence-corrected chi connectivity index (χ1v) is 6.18. The summed E-state index contributed by atoms with van der Waals surface area (Å²) in [6, 6.07) is 2.03. The molecule has 0 bridgehead atoms. The second-order valence-electron chi connectivity index (χ2n) is 2.03. The second-order valence-corrected chi connectivity index (χ2v) is 2.03. The molecule has 0 saturated heterocycles. The Kier molecular flexibility index (Phi) is 26.1. The minimum atomic E-state index is -0.241. The minimum Gasteiger partial charge on any atom is -0.366 e. The van der Waals surface area contributed by atoms with E-state index in [4.69, 9.17) is 10.00 Å². The molecule has 74 valence electrons. The molecule has 0 saturated carbocycles. The molecule has 0 aromatic heterocycles. The van der Waals surface area contributed by atoms with E-state index in [1.165, 1.54) is 0 Å². The van der Waals surface area contributed by atoms with Crippen LogP contribution in [0.4, 0.5) is 0 Å². The first-order valence-electron chi connectivity index (χ1n) is 4.02. The molecule has 3 heteroatoms. The fraction of sp³-hybridized carbons (Fsp3) is 0.889. The van der Waals surface area contributed by atoms with E-state index in [1.54, 1.807) is 7.11 Å². The largest absolute Gasteiger partial charge is 0.366 e. The van der Waals surface area contributed by atoms with Gasteiger partial charge in [0.1, 0.15) is 6.10 Å². The molecular formula is C9H20INO. The van der Waals surface area contributed by atoms with E-state index in [1.807, 2.05) is 38.7 Å². The molecule has 0 aliphatic heterocycles. The predicted octanol–water partition coefficient (Wildman–Crippen LogP) is 3.26. The molecule has 0 aromatic rings. The van der Waals surface area contributed by atoms with E-state index in [9.17, 15) is 0 Å². The molecule has 0 amide bonds. The monoisotopic (exact) mass is 285 g/mol. The number of nitriles is 1. The maximum Gasteiger partial charge on any atom is 0.145 e. The lowest BCUT2D eigenvalue weighted by Crippen LogP contribution is -2.14. The van der Waals surface area contributed by atoms with Crippen LogP contribution in [0.15, 0.2) is 0 Å². The summed E-state index contributed by atoms with van der Waals surface area (Å²) in [4.78, 5) is 1.97. The van der Waals surface area contributed by atoms with Crippen molar-refractivity contribution in [2.75, 3.05) is 12.0 Å². The SMILES string of the molecule is CC.CI.COC(C#N)C(C)C. The average molecular weight is 285 g/mol. The lowest BCUT2D eigenvalue weighted by molar-refractivity contribution is 0.109. The number of ether oxygens (including phenoxy) is 1. The van der Waals surface area contributed by atoms with Crippen molar-refractivity contribution in [3.8, 4) is 6.07 Å². The van der Waals surface area contributed by atoms with E-state index in [0.717, 1.165) is 0 Å². The van der Waals surface area contributed by atoms with Gasteiger partial charge in [0.15, 0.2) is 0 Å². The third-order valence-corrected chi connectivity index (χ3v) is 0.987. The normalized spacial score (nSPS) is 9.92. The van der Waals surface area contributed by atoms with Crippen LogP contribution >= 0.6 is 22.6 Å². The average Bonchev–Trinajstić information content (AvgIpc) is 2.13. The van der Waals surface area contributed by atoms with Crippen molar-refractivity contribution in [2.24, 2.45) is 5.92 Å². The molecule has 0 fully saturated rings. The molecular weight excluding hydrogens is 265 g/mol. The van der Waals surface area contributed by atoms with Crippen molar-refractivity contribution in [1.82, 2.24) is 0 Å². The lowest BCUT2D eigenvalue weighted by atomic mass is 10.1. The Hall–Kier alpha value is 0.180. The van der Waals surface area contributed by atoms with Gasteiger partial charge in [0.05, 0.1) is 6.07 Å². The van der Waals surface area contributed by atoms with Crippen LogP contribution in [0, 0.1) is 17.2 Å². The Morgan fingerprint density at radius 1 is 1.25 bits per heavy atom. The third-order valence-electron chi connectivity index (χ3n) is 0.987. The lowest BCUT2D eigenvalue weighted by Gasteiger charge is -2.08. The maximum absolute atomic E-state index is 8.32. The number of hydrogen-bond donors (Lipinski definition) is 0. The standard InChI is InChI=1S/C6H11NO.C2H6.CH3I/c1-5(2)6(4-7)8-3;2*1-2/h5-6H,1-3H3;1-2H3;1H3. The maximum atomic E-state index is 8.32. The van der Waals surface area contributed by atoms with Crippen molar-refractivity contribution in [3.63, 3.8) is 0 Å². The zero-order valence-electron chi connectivity index (χ0n) is 8.89. The number of nitrogens with zero attached hydrogens (tertiary/aromatic N) is 1. The third kappa shape index (κ3) is 12.8. The highest BCUT2D eigenvalue weighted by Gasteiger charge is 2.08. The molecule has 12 heavy (non-hydrogen) atoms. The van der Waals surface area contributed by atoms with Gasteiger partial charge in [0, 0.05) is 7.11 Å². The summed E-state index contributed by atoms with van der Waals surface area (Å²) in [5.41, 5.74) is 0. The summed E-state index contributed by atoms with van der Waals surface area (Å²) in [6.45, 7) is 7.91. The Morgan fingerprint density at radius 2 is 1.58 bits per heavy atom. The van der Waals surface area contributed by atoms with Gasteiger partial charge >= 0.3 is 0 Å². The molecule has 2 nitrogen and oxygen atoms in total. The number of hydrogen-bond acceptors (Lipinski definition) is 2. The molecule has 1 unspecified atom stereocenters. The van der Waals surface area contributed by atoms with Crippen LogP contribution in [-0.4, -0.2) is 18.1 Å². The summed E-state index contributed by atoms with van der Waals surface area (Å²) in [6.07, 6.45) is -0.241. The summed E-state index contributed by atoms with van der Waals surface area (Å²) in [5.74, 6) is 0.296. The molecule has 0 aliphatic carbocycles. The van der Waals surface area contributed by atoms with Crippen LogP contribution in [0.2, 0.25) is 0 Å². The summed E-state index contributed by atoms with van der Waals surface area (Å²) >= 11 is 2.15. The summed E-state index contributed by atoms with van der Waals surface area (Å²) in [7, 11) is 1.55. The van der Waals surface area contributed by atoms with E-state index in [-0.39, 0.29) is 6.10 Å². The number of alkyl halides is 1. The Morgan fingerprint density at radius 3 is 1.58 bits per heavy atom. The van der Waals surface area contributed by atoms with E-state index >= 15 is 0 Å².